The van der Waals surface area contributed by atoms with Crippen LogP contribution in [0.4, 0.5) is 0 Å². The van der Waals surface area contributed by atoms with Gasteiger partial charge in [0.05, 0.1) is 10.8 Å². The zero-order chi connectivity index (χ0) is 14.5. The van der Waals surface area contributed by atoms with Crippen LogP contribution in [0.25, 0.3) is 0 Å². The van der Waals surface area contributed by atoms with Crippen LogP contribution >= 0.6 is 12.6 Å². The molecule has 6 heteroatoms. The molecule has 0 fully saturated rings. The van der Waals surface area contributed by atoms with Crippen LogP contribution in [0.3, 0.4) is 0 Å². The molecule has 0 saturated heterocycles. The molecule has 0 aliphatic rings. The fraction of sp³-hybridized carbons (Fsp3) is 0.462. The standard InChI is InChI=1S/C13H18O4S2/c1-19(16,17)12-6-4-10(5-7-12)9-11(13(14)15)3-2-8-18/h4-7,11,18H,2-3,8-9H2,1H3,(H,14,15). The van der Waals surface area contributed by atoms with E-state index in [-0.39, 0.29) is 4.90 Å². The SMILES string of the molecule is CS(=O)(=O)c1ccc(CC(CCCS)C(=O)O)cc1. The number of benzene rings is 1. The number of thiol groups is 1. The van der Waals surface area contributed by atoms with Crippen molar-refractivity contribution in [1.29, 1.82) is 0 Å². The van der Waals surface area contributed by atoms with Crippen molar-refractivity contribution >= 4 is 28.4 Å². The number of hydrogen-bond donors (Lipinski definition) is 2. The Bertz CT molecular complexity index is 520. The number of rotatable bonds is 7. The molecular formula is C13H18O4S2. The molecule has 1 atom stereocenters. The first kappa shape index (κ1) is 16.0. The molecule has 0 aromatic heterocycles. The Balaban J connectivity index is 2.78. The highest BCUT2D eigenvalue weighted by Gasteiger charge is 2.17. The van der Waals surface area contributed by atoms with Crippen molar-refractivity contribution in [3.05, 3.63) is 29.8 Å². The van der Waals surface area contributed by atoms with E-state index in [0.29, 0.717) is 18.6 Å². The third kappa shape index (κ3) is 5.24. The minimum atomic E-state index is -3.20. The van der Waals surface area contributed by atoms with Crippen LogP contribution < -0.4 is 0 Å². The smallest absolute Gasteiger partial charge is 0.306 e. The lowest BCUT2D eigenvalue weighted by molar-refractivity contribution is -0.141. The molecule has 1 aromatic carbocycles. The Kier molecular flexibility index (Phi) is 5.87. The van der Waals surface area contributed by atoms with Gasteiger partial charge in [0.25, 0.3) is 0 Å². The fourth-order valence-electron chi connectivity index (χ4n) is 1.81. The summed E-state index contributed by atoms with van der Waals surface area (Å²) in [4.78, 5) is 11.4. The summed E-state index contributed by atoms with van der Waals surface area (Å²) < 4.78 is 22.6. The van der Waals surface area contributed by atoms with Crippen LogP contribution in [-0.4, -0.2) is 31.5 Å². The summed E-state index contributed by atoms with van der Waals surface area (Å²) in [6.07, 6.45) is 2.88. The summed E-state index contributed by atoms with van der Waals surface area (Å²) >= 11 is 4.08. The van der Waals surface area contributed by atoms with E-state index in [2.05, 4.69) is 12.6 Å². The van der Waals surface area contributed by atoms with Crippen LogP contribution in [0, 0.1) is 5.92 Å². The molecule has 0 saturated carbocycles. The molecule has 0 spiro atoms. The van der Waals surface area contributed by atoms with Gasteiger partial charge in [0, 0.05) is 6.26 Å². The molecule has 4 nitrogen and oxygen atoms in total. The van der Waals surface area contributed by atoms with Gasteiger partial charge in [0.15, 0.2) is 9.84 Å². The van der Waals surface area contributed by atoms with Crippen molar-refractivity contribution in [3.63, 3.8) is 0 Å². The minimum Gasteiger partial charge on any atom is -0.481 e. The molecule has 1 N–H and O–H groups in total. The number of hydrogen-bond acceptors (Lipinski definition) is 4. The summed E-state index contributed by atoms with van der Waals surface area (Å²) in [6.45, 7) is 0. The average Bonchev–Trinajstić information content (AvgIpc) is 2.33. The van der Waals surface area contributed by atoms with Crippen LogP contribution in [0.1, 0.15) is 18.4 Å². The number of carbonyl (C=O) groups is 1. The van der Waals surface area contributed by atoms with Crippen molar-refractivity contribution in [2.75, 3.05) is 12.0 Å². The maximum Gasteiger partial charge on any atom is 0.306 e. The molecule has 106 valence electrons. The molecule has 0 aliphatic carbocycles. The highest BCUT2D eigenvalue weighted by Crippen LogP contribution is 2.17. The molecular weight excluding hydrogens is 284 g/mol. The second-order valence-electron chi connectivity index (χ2n) is 4.52. The predicted octanol–water partition coefficient (Wildman–Crippen LogP) is 2.04. The van der Waals surface area contributed by atoms with Crippen LogP contribution in [0.5, 0.6) is 0 Å². The second kappa shape index (κ2) is 6.96. The Labute approximate surface area is 119 Å². The molecule has 0 aliphatic heterocycles. The topological polar surface area (TPSA) is 71.4 Å². The van der Waals surface area contributed by atoms with Gasteiger partial charge in [0.1, 0.15) is 0 Å². The summed E-state index contributed by atoms with van der Waals surface area (Å²) in [5.74, 6) is -0.609. The van der Waals surface area contributed by atoms with Gasteiger partial charge in [-0.15, -0.1) is 0 Å². The monoisotopic (exact) mass is 302 g/mol. The van der Waals surface area contributed by atoms with Gasteiger partial charge in [-0.3, -0.25) is 4.79 Å². The van der Waals surface area contributed by atoms with Crippen molar-refractivity contribution in [3.8, 4) is 0 Å². The largest absolute Gasteiger partial charge is 0.481 e. The zero-order valence-electron chi connectivity index (χ0n) is 10.7. The molecule has 0 amide bonds. The van der Waals surface area contributed by atoms with Crippen LogP contribution in [0.15, 0.2) is 29.2 Å². The molecule has 0 bridgehead atoms. The maximum absolute atomic E-state index is 11.3. The van der Waals surface area contributed by atoms with E-state index in [4.69, 9.17) is 5.11 Å². The second-order valence-corrected chi connectivity index (χ2v) is 6.98. The first-order valence-electron chi connectivity index (χ1n) is 5.97. The maximum atomic E-state index is 11.3. The lowest BCUT2D eigenvalue weighted by Crippen LogP contribution is -2.16. The van der Waals surface area contributed by atoms with Crippen molar-refractivity contribution < 1.29 is 18.3 Å². The predicted molar refractivity (Wildman–Crippen MR) is 77.5 cm³/mol. The molecule has 1 aromatic rings. The molecule has 1 rings (SSSR count). The molecule has 0 heterocycles. The Morgan fingerprint density at radius 2 is 1.89 bits per heavy atom. The van der Waals surface area contributed by atoms with Crippen LogP contribution in [0.2, 0.25) is 0 Å². The summed E-state index contributed by atoms with van der Waals surface area (Å²) in [6, 6.07) is 6.38. The zero-order valence-corrected chi connectivity index (χ0v) is 12.5. The van der Waals surface area contributed by atoms with Gasteiger partial charge in [-0.25, -0.2) is 8.42 Å². The Morgan fingerprint density at radius 1 is 1.32 bits per heavy atom. The van der Waals surface area contributed by atoms with Crippen LogP contribution in [-0.2, 0) is 21.1 Å². The van der Waals surface area contributed by atoms with Gasteiger partial charge in [-0.1, -0.05) is 12.1 Å². The molecule has 1 unspecified atom stereocenters. The van der Waals surface area contributed by atoms with E-state index in [9.17, 15) is 13.2 Å². The Morgan fingerprint density at radius 3 is 2.32 bits per heavy atom. The van der Waals surface area contributed by atoms with Crippen molar-refractivity contribution in [2.24, 2.45) is 5.92 Å². The summed E-state index contributed by atoms with van der Waals surface area (Å²) in [5, 5.41) is 9.12. The molecule has 19 heavy (non-hydrogen) atoms. The first-order chi connectivity index (χ1) is 8.84. The third-order valence-corrected chi connectivity index (χ3v) is 4.34. The lowest BCUT2D eigenvalue weighted by Gasteiger charge is -2.11. The highest BCUT2D eigenvalue weighted by atomic mass is 32.2. The highest BCUT2D eigenvalue weighted by molar-refractivity contribution is 7.90. The van der Waals surface area contributed by atoms with Gasteiger partial charge >= 0.3 is 5.97 Å². The van der Waals surface area contributed by atoms with Gasteiger partial charge in [-0.2, -0.15) is 12.6 Å². The van der Waals surface area contributed by atoms with Gasteiger partial charge < -0.3 is 5.11 Å². The normalized spacial score (nSPS) is 13.2. The number of carboxylic acids is 1. The number of carboxylic acid groups (broad SMARTS) is 1. The molecule has 0 radical (unpaired) electrons. The van der Waals surface area contributed by atoms with Crippen molar-refractivity contribution in [2.45, 2.75) is 24.2 Å². The summed E-state index contributed by atoms with van der Waals surface area (Å²) in [7, 11) is -3.20. The lowest BCUT2D eigenvalue weighted by atomic mass is 9.95. The van der Waals surface area contributed by atoms with Gasteiger partial charge in [-0.05, 0) is 42.7 Å². The number of aliphatic carboxylic acids is 1. The van der Waals surface area contributed by atoms with Crippen molar-refractivity contribution in [1.82, 2.24) is 0 Å². The fourth-order valence-corrected chi connectivity index (χ4v) is 2.62. The summed E-state index contributed by atoms with van der Waals surface area (Å²) in [5.41, 5.74) is 0.832. The van der Waals surface area contributed by atoms with E-state index in [1.807, 2.05) is 0 Å². The van der Waals surface area contributed by atoms with Gasteiger partial charge in [0.2, 0.25) is 0 Å². The quantitative estimate of drug-likeness (QED) is 0.756. The average molecular weight is 302 g/mol. The van der Waals surface area contributed by atoms with E-state index in [1.165, 1.54) is 12.1 Å². The number of sulfone groups is 1. The van der Waals surface area contributed by atoms with E-state index in [0.717, 1.165) is 18.2 Å². The van der Waals surface area contributed by atoms with E-state index >= 15 is 0 Å². The Hall–Kier alpha value is -1.01. The first-order valence-corrected chi connectivity index (χ1v) is 8.49. The van der Waals surface area contributed by atoms with E-state index in [1.54, 1.807) is 12.1 Å². The third-order valence-electron chi connectivity index (χ3n) is 2.89. The van der Waals surface area contributed by atoms with E-state index < -0.39 is 21.7 Å². The minimum absolute atomic E-state index is 0.249.